The van der Waals surface area contributed by atoms with Crippen LogP contribution in [0, 0.1) is 6.92 Å². The average Bonchev–Trinajstić information content (AvgIpc) is 3.38. The first-order valence-electron chi connectivity index (χ1n) is 22.7. The molecule has 0 heterocycles. The van der Waals surface area contributed by atoms with E-state index >= 15 is 0 Å². The Morgan fingerprint density at radius 1 is 0.323 bits per heavy atom. The molecule has 0 atom stereocenters. The van der Waals surface area contributed by atoms with Gasteiger partial charge in [-0.3, -0.25) is 4.79 Å². The van der Waals surface area contributed by atoms with Crippen molar-refractivity contribution in [1.82, 2.24) is 0 Å². The molecule has 338 valence electrons. The van der Waals surface area contributed by atoms with Crippen LogP contribution in [0.1, 0.15) is 137 Å². The number of rotatable bonds is 6. The Kier molecular flexibility index (Phi) is 55.7. The van der Waals surface area contributed by atoms with Gasteiger partial charge in [0.15, 0.2) is 5.78 Å². The topological polar surface area (TPSA) is 26.3 Å². The first-order chi connectivity index (χ1) is 30.2. The van der Waals surface area contributed by atoms with Crippen LogP contribution in [0.5, 0.6) is 11.5 Å². The molecule has 62 heavy (non-hydrogen) atoms. The third-order valence-corrected chi connectivity index (χ3v) is 6.83. The Balaban J connectivity index is -0.000000214. The number of carbonyl (C=O) groups excluding carboxylic acids is 1. The summed E-state index contributed by atoms with van der Waals surface area (Å²) in [7, 11) is 0. The SMILES string of the molecule is C.CC.CC.CC.CC.CC.CC.CC.Cc1ccccc1.O=C(c1ccccc1)c1ccccc1.c1ccc(Cc2ccccc2)cc1.c1ccc(Oc2ccccc2)cc1. The van der Waals surface area contributed by atoms with Crippen molar-refractivity contribution in [3.8, 4) is 11.5 Å². The van der Waals surface area contributed by atoms with E-state index in [2.05, 4.69) is 79.7 Å². The van der Waals surface area contributed by atoms with E-state index in [1.807, 2.05) is 236 Å². The van der Waals surface area contributed by atoms with Crippen LogP contribution in [-0.2, 0) is 6.42 Å². The first kappa shape index (κ1) is 65.1. The van der Waals surface area contributed by atoms with Crippen LogP contribution < -0.4 is 4.74 Å². The molecule has 0 amide bonds. The Morgan fingerprint density at radius 3 is 0.758 bits per heavy atom. The molecular weight excluding hydrogens is 753 g/mol. The highest BCUT2D eigenvalue weighted by Gasteiger charge is 2.06. The van der Waals surface area contributed by atoms with E-state index in [0.29, 0.717) is 0 Å². The summed E-state index contributed by atoms with van der Waals surface area (Å²) in [6.07, 6.45) is 1.03. The monoisotopic (exact) mass is 839 g/mol. The number of para-hydroxylation sites is 2. The van der Waals surface area contributed by atoms with Crippen molar-refractivity contribution in [3.05, 3.63) is 240 Å². The Hall–Kier alpha value is -5.99. The van der Waals surface area contributed by atoms with E-state index < -0.39 is 0 Å². The number of aryl methyl sites for hydroxylation is 1. The molecule has 0 aromatic heterocycles. The molecule has 0 aliphatic rings. The van der Waals surface area contributed by atoms with E-state index in [0.717, 1.165) is 29.0 Å². The van der Waals surface area contributed by atoms with Gasteiger partial charge in [-0.05, 0) is 48.7 Å². The maximum atomic E-state index is 11.8. The summed E-state index contributed by atoms with van der Waals surface area (Å²) in [4.78, 5) is 11.8. The highest BCUT2D eigenvalue weighted by molar-refractivity contribution is 6.08. The third kappa shape index (κ3) is 34.8. The quantitative estimate of drug-likeness (QED) is 0.156. The molecule has 2 nitrogen and oxygen atoms in total. The predicted octanol–water partition coefficient (Wildman–Crippen LogP) is 19.5. The number of carbonyl (C=O) groups is 1. The van der Waals surface area contributed by atoms with Crippen LogP contribution in [0.3, 0.4) is 0 Å². The van der Waals surface area contributed by atoms with E-state index in [1.165, 1.54) is 16.7 Å². The van der Waals surface area contributed by atoms with Gasteiger partial charge < -0.3 is 4.74 Å². The first-order valence-corrected chi connectivity index (χ1v) is 22.7. The summed E-state index contributed by atoms with van der Waals surface area (Å²) in [5.74, 6) is 1.81. The van der Waals surface area contributed by atoms with Crippen molar-refractivity contribution in [2.24, 2.45) is 0 Å². The van der Waals surface area contributed by atoms with Crippen molar-refractivity contribution in [2.45, 2.75) is 118 Å². The van der Waals surface area contributed by atoms with Gasteiger partial charge in [-0.25, -0.2) is 0 Å². The molecule has 0 bridgehead atoms. The zero-order chi connectivity index (χ0) is 46.8. The van der Waals surface area contributed by atoms with Crippen molar-refractivity contribution < 1.29 is 9.53 Å². The lowest BCUT2D eigenvalue weighted by Gasteiger charge is -2.03. The molecule has 2 heteroatoms. The molecule has 0 aliphatic carbocycles. The van der Waals surface area contributed by atoms with E-state index in [-0.39, 0.29) is 13.2 Å². The molecule has 0 saturated carbocycles. The summed E-state index contributed by atoms with van der Waals surface area (Å²) < 4.78 is 5.58. The average molecular weight is 839 g/mol. The molecule has 0 spiro atoms. The van der Waals surface area contributed by atoms with E-state index in [4.69, 9.17) is 4.74 Å². The van der Waals surface area contributed by atoms with Gasteiger partial charge in [0.05, 0.1) is 0 Å². The summed E-state index contributed by atoms with van der Waals surface area (Å²) in [5, 5.41) is 0. The maximum Gasteiger partial charge on any atom is 0.193 e. The van der Waals surface area contributed by atoms with Crippen LogP contribution in [0.25, 0.3) is 0 Å². The van der Waals surface area contributed by atoms with Gasteiger partial charge in [0.25, 0.3) is 0 Å². The second-order valence-corrected chi connectivity index (χ2v) is 10.6. The Labute approximate surface area is 383 Å². The van der Waals surface area contributed by atoms with E-state index in [9.17, 15) is 4.79 Å². The van der Waals surface area contributed by atoms with E-state index in [1.54, 1.807) is 0 Å². The van der Waals surface area contributed by atoms with Gasteiger partial charge >= 0.3 is 0 Å². The summed E-state index contributed by atoms with van der Waals surface area (Å²) >= 11 is 0. The van der Waals surface area contributed by atoms with Gasteiger partial charge in [-0.1, -0.05) is 298 Å². The minimum absolute atomic E-state index is 0. The molecule has 0 N–H and O–H groups in total. The van der Waals surface area contributed by atoms with Crippen molar-refractivity contribution in [2.75, 3.05) is 0 Å². The summed E-state index contributed by atoms with van der Waals surface area (Å²) in [5.41, 5.74) is 5.53. The number of ketones is 1. The fraction of sp³-hybridized carbons (Fsp3) is 0.283. The smallest absolute Gasteiger partial charge is 0.193 e. The molecule has 0 unspecified atom stereocenters. The lowest BCUT2D eigenvalue weighted by atomic mass is 10.0. The number of hydrogen-bond donors (Lipinski definition) is 0. The van der Waals surface area contributed by atoms with Crippen LogP contribution in [-0.4, -0.2) is 5.78 Å². The van der Waals surface area contributed by atoms with Crippen LogP contribution in [0.4, 0.5) is 0 Å². The largest absolute Gasteiger partial charge is 0.457 e. The fourth-order valence-corrected chi connectivity index (χ4v) is 4.42. The second-order valence-electron chi connectivity index (χ2n) is 10.6. The molecule has 0 saturated heterocycles. The van der Waals surface area contributed by atoms with Crippen LogP contribution in [0.15, 0.2) is 212 Å². The fourth-order valence-electron chi connectivity index (χ4n) is 4.42. The highest BCUT2D eigenvalue weighted by Crippen LogP contribution is 2.19. The molecule has 7 rings (SSSR count). The zero-order valence-corrected chi connectivity index (χ0v) is 40.7. The van der Waals surface area contributed by atoms with Crippen LogP contribution in [0.2, 0.25) is 0 Å². The summed E-state index contributed by atoms with van der Waals surface area (Å²) in [6, 6.07) is 69.5. The van der Waals surface area contributed by atoms with Gasteiger partial charge in [-0.2, -0.15) is 0 Å². The van der Waals surface area contributed by atoms with Crippen molar-refractivity contribution in [3.63, 3.8) is 0 Å². The molecular formula is C60H86O2. The number of ether oxygens (including phenoxy) is 1. The minimum atomic E-state index is 0. The van der Waals surface area contributed by atoms with Gasteiger partial charge in [0.1, 0.15) is 11.5 Å². The molecule has 0 radical (unpaired) electrons. The van der Waals surface area contributed by atoms with Gasteiger partial charge in [-0.15, -0.1) is 0 Å². The highest BCUT2D eigenvalue weighted by atomic mass is 16.5. The Morgan fingerprint density at radius 2 is 0.532 bits per heavy atom. The normalized spacial score (nSPS) is 7.92. The lowest BCUT2D eigenvalue weighted by Crippen LogP contribution is -1.99. The molecule has 0 aliphatic heterocycles. The maximum absolute atomic E-state index is 11.8. The van der Waals surface area contributed by atoms with Crippen LogP contribution >= 0.6 is 0 Å². The molecule has 7 aromatic rings. The molecule has 7 aromatic carbocycles. The Bertz CT molecular complexity index is 1600. The second kappa shape index (κ2) is 53.0. The standard InChI is InChI=1S/C13H10O.C13H12.C12H10O.C7H8.7C2H6.CH4/c14-13(11-7-3-1-4-8-11)12-9-5-2-6-10-12;1-3-7-12(8-4-1)11-13-9-5-2-6-10-13;1-3-7-11(8-4-1)13-12-9-5-2-6-10-12;1-7-5-3-2-4-6-7;7*1-2;/h1-10H;1-10H,11H2;1-10H;2-6H,1H3;7*1-2H3;1H4. The van der Waals surface area contributed by atoms with Gasteiger partial charge in [0, 0.05) is 11.1 Å². The zero-order valence-electron chi connectivity index (χ0n) is 40.7. The summed E-state index contributed by atoms with van der Waals surface area (Å²) in [6.45, 7) is 30.1. The van der Waals surface area contributed by atoms with Crippen molar-refractivity contribution >= 4 is 5.78 Å². The molecule has 0 fully saturated rings. The third-order valence-electron chi connectivity index (χ3n) is 6.83. The predicted molar refractivity (Wildman–Crippen MR) is 282 cm³/mol. The number of benzene rings is 7. The number of hydrogen-bond acceptors (Lipinski definition) is 2. The van der Waals surface area contributed by atoms with Crippen molar-refractivity contribution in [1.29, 1.82) is 0 Å². The minimum Gasteiger partial charge on any atom is -0.457 e. The van der Waals surface area contributed by atoms with Gasteiger partial charge in [0.2, 0.25) is 0 Å². The lowest BCUT2D eigenvalue weighted by molar-refractivity contribution is 0.103.